The van der Waals surface area contributed by atoms with Crippen molar-refractivity contribution in [1.82, 2.24) is 14.8 Å². The third-order valence-electron chi connectivity index (χ3n) is 4.21. The maximum atomic E-state index is 13.1. The van der Waals surface area contributed by atoms with E-state index in [1.54, 1.807) is 0 Å². The Morgan fingerprint density at radius 1 is 1.39 bits per heavy atom. The zero-order valence-electron chi connectivity index (χ0n) is 11.1. The molecule has 2 aliphatic rings. The van der Waals surface area contributed by atoms with E-state index < -0.39 is 6.17 Å². The summed E-state index contributed by atoms with van der Waals surface area (Å²) in [7, 11) is 0. The highest BCUT2D eigenvalue weighted by Gasteiger charge is 2.62. The summed E-state index contributed by atoms with van der Waals surface area (Å²) in [5.74, 6) is 1.43. The minimum atomic E-state index is -0.530. The summed E-state index contributed by atoms with van der Waals surface area (Å²) in [5, 5.41) is 4.55. The van der Waals surface area contributed by atoms with Crippen LogP contribution in [0, 0.1) is 11.3 Å². The molecular formula is C13H19BrFN3. The molecule has 0 saturated heterocycles. The highest BCUT2D eigenvalue weighted by molar-refractivity contribution is 9.10. The molecule has 1 heterocycles. The molecule has 0 aromatic carbocycles. The summed E-state index contributed by atoms with van der Waals surface area (Å²) >= 11 is 3.46. The van der Waals surface area contributed by atoms with Crippen LogP contribution >= 0.6 is 15.9 Å². The molecular weight excluding hydrogens is 297 g/mol. The average Bonchev–Trinajstić information content (AvgIpc) is 2.69. The Labute approximate surface area is 115 Å². The van der Waals surface area contributed by atoms with Gasteiger partial charge in [-0.2, -0.15) is 5.10 Å². The van der Waals surface area contributed by atoms with E-state index in [-0.39, 0.29) is 10.8 Å². The second-order valence-corrected chi connectivity index (χ2v) is 7.65. The first-order valence-electron chi connectivity index (χ1n) is 6.55. The minimum absolute atomic E-state index is 0.0326. The molecule has 0 aliphatic heterocycles. The van der Waals surface area contributed by atoms with Gasteiger partial charge in [-0.1, -0.05) is 20.8 Å². The molecule has 3 nitrogen and oxygen atoms in total. The Bertz CT molecular complexity index is 471. The van der Waals surface area contributed by atoms with Gasteiger partial charge in [0.2, 0.25) is 0 Å². The topological polar surface area (TPSA) is 30.7 Å². The Morgan fingerprint density at radius 2 is 2.00 bits per heavy atom. The monoisotopic (exact) mass is 315 g/mol. The molecule has 2 fully saturated rings. The molecule has 3 rings (SSSR count). The standard InChI is InChI=1S/C13H19BrFN3/c1-12(2,3)10-16-11(14)18(17-10)7-8-4-13(5-8)6-9(13)15/h8-9H,4-7H2,1-3H3. The van der Waals surface area contributed by atoms with Crippen molar-refractivity contribution in [3.8, 4) is 0 Å². The number of rotatable bonds is 2. The van der Waals surface area contributed by atoms with Crippen LogP contribution in [-0.4, -0.2) is 20.9 Å². The lowest BCUT2D eigenvalue weighted by atomic mass is 9.71. The van der Waals surface area contributed by atoms with Gasteiger partial charge >= 0.3 is 0 Å². The molecule has 2 saturated carbocycles. The predicted octanol–water partition coefficient (Wildman–Crippen LogP) is 3.48. The molecule has 0 bridgehead atoms. The molecule has 1 unspecified atom stereocenters. The SMILES string of the molecule is CC(C)(C)c1nc(Br)n(CC2CC3(C2)CC3F)n1. The summed E-state index contributed by atoms with van der Waals surface area (Å²) in [6, 6.07) is 0. The first-order valence-corrected chi connectivity index (χ1v) is 7.34. The summed E-state index contributed by atoms with van der Waals surface area (Å²) in [6.07, 6.45) is 2.30. The molecule has 100 valence electrons. The number of hydrogen-bond acceptors (Lipinski definition) is 2. The van der Waals surface area contributed by atoms with E-state index in [9.17, 15) is 4.39 Å². The second kappa shape index (κ2) is 3.78. The molecule has 0 N–H and O–H groups in total. The zero-order chi connectivity index (χ0) is 13.1. The Hall–Kier alpha value is -0.450. The van der Waals surface area contributed by atoms with Gasteiger partial charge in [-0.05, 0) is 41.1 Å². The van der Waals surface area contributed by atoms with Crippen LogP contribution in [-0.2, 0) is 12.0 Å². The van der Waals surface area contributed by atoms with E-state index in [1.807, 2.05) is 4.68 Å². The summed E-state index contributed by atoms with van der Waals surface area (Å²) in [5.41, 5.74) is 0.0414. The molecule has 1 aromatic heterocycles. The summed E-state index contributed by atoms with van der Waals surface area (Å²) in [4.78, 5) is 4.45. The average molecular weight is 316 g/mol. The van der Waals surface area contributed by atoms with Gasteiger partial charge in [-0.3, -0.25) is 0 Å². The lowest BCUT2D eigenvalue weighted by Crippen LogP contribution is -2.31. The highest BCUT2D eigenvalue weighted by atomic mass is 79.9. The Balaban J connectivity index is 1.65. The Kier molecular flexibility index (Phi) is 2.64. The van der Waals surface area contributed by atoms with Gasteiger partial charge in [0, 0.05) is 17.4 Å². The van der Waals surface area contributed by atoms with E-state index in [1.165, 1.54) is 0 Å². The van der Waals surface area contributed by atoms with E-state index in [4.69, 9.17) is 0 Å². The zero-order valence-corrected chi connectivity index (χ0v) is 12.7. The smallest absolute Gasteiger partial charge is 0.195 e. The number of hydrogen-bond donors (Lipinski definition) is 0. The van der Waals surface area contributed by atoms with Crippen LogP contribution in [0.5, 0.6) is 0 Å². The van der Waals surface area contributed by atoms with E-state index in [0.29, 0.717) is 5.92 Å². The first kappa shape index (κ1) is 12.6. The normalized spacial score (nSPS) is 34.7. The third kappa shape index (κ3) is 2.00. The van der Waals surface area contributed by atoms with Crippen LogP contribution in [0.4, 0.5) is 4.39 Å². The van der Waals surface area contributed by atoms with Crippen LogP contribution in [0.1, 0.15) is 45.9 Å². The van der Waals surface area contributed by atoms with Gasteiger partial charge in [-0.25, -0.2) is 14.1 Å². The summed E-state index contributed by atoms with van der Waals surface area (Å²) in [6.45, 7) is 7.18. The number of nitrogens with zero attached hydrogens (tertiary/aromatic N) is 3. The molecule has 2 aliphatic carbocycles. The first-order chi connectivity index (χ1) is 8.30. The van der Waals surface area contributed by atoms with Crippen molar-refractivity contribution in [3.63, 3.8) is 0 Å². The van der Waals surface area contributed by atoms with E-state index >= 15 is 0 Å². The maximum Gasteiger partial charge on any atom is 0.195 e. The van der Waals surface area contributed by atoms with Crippen molar-refractivity contribution in [2.45, 2.75) is 58.2 Å². The largest absolute Gasteiger partial charge is 0.247 e. The van der Waals surface area contributed by atoms with Crippen LogP contribution < -0.4 is 0 Å². The summed E-state index contributed by atoms with van der Waals surface area (Å²) < 4.78 is 15.8. The fourth-order valence-electron chi connectivity index (χ4n) is 2.94. The van der Waals surface area contributed by atoms with Gasteiger partial charge in [0.25, 0.3) is 0 Å². The molecule has 0 radical (unpaired) electrons. The van der Waals surface area contributed by atoms with Crippen molar-refractivity contribution in [2.75, 3.05) is 0 Å². The van der Waals surface area contributed by atoms with Crippen LogP contribution in [0.15, 0.2) is 4.73 Å². The minimum Gasteiger partial charge on any atom is -0.247 e. The van der Waals surface area contributed by atoms with Crippen molar-refractivity contribution in [3.05, 3.63) is 10.6 Å². The molecule has 5 heteroatoms. The van der Waals surface area contributed by atoms with Crippen LogP contribution in [0.25, 0.3) is 0 Å². The fraction of sp³-hybridized carbons (Fsp3) is 0.846. The lowest BCUT2D eigenvalue weighted by molar-refractivity contribution is 0.114. The number of aromatic nitrogens is 3. The van der Waals surface area contributed by atoms with Gasteiger partial charge in [0.1, 0.15) is 6.17 Å². The second-order valence-electron chi connectivity index (χ2n) is 6.94. The van der Waals surface area contributed by atoms with Crippen molar-refractivity contribution in [1.29, 1.82) is 0 Å². The van der Waals surface area contributed by atoms with E-state index in [2.05, 4.69) is 46.8 Å². The third-order valence-corrected chi connectivity index (χ3v) is 4.80. The van der Waals surface area contributed by atoms with Crippen LogP contribution in [0.2, 0.25) is 0 Å². The van der Waals surface area contributed by atoms with Gasteiger partial charge in [0.15, 0.2) is 10.6 Å². The van der Waals surface area contributed by atoms with E-state index in [0.717, 1.165) is 36.4 Å². The Morgan fingerprint density at radius 3 is 2.44 bits per heavy atom. The maximum absolute atomic E-state index is 13.1. The predicted molar refractivity (Wildman–Crippen MR) is 71.1 cm³/mol. The molecule has 0 amide bonds. The fourth-order valence-corrected chi connectivity index (χ4v) is 3.33. The number of alkyl halides is 1. The lowest BCUT2D eigenvalue weighted by Gasteiger charge is -2.35. The molecule has 18 heavy (non-hydrogen) atoms. The molecule has 1 aromatic rings. The molecule has 1 spiro atoms. The van der Waals surface area contributed by atoms with Crippen molar-refractivity contribution >= 4 is 15.9 Å². The highest BCUT2D eigenvalue weighted by Crippen LogP contribution is 2.65. The number of halogens is 2. The van der Waals surface area contributed by atoms with Crippen LogP contribution in [0.3, 0.4) is 0 Å². The van der Waals surface area contributed by atoms with Crippen molar-refractivity contribution in [2.24, 2.45) is 11.3 Å². The van der Waals surface area contributed by atoms with Crippen molar-refractivity contribution < 1.29 is 4.39 Å². The van der Waals surface area contributed by atoms with Gasteiger partial charge < -0.3 is 0 Å². The molecule has 1 atom stereocenters. The quantitative estimate of drug-likeness (QED) is 0.836. The van der Waals surface area contributed by atoms with Gasteiger partial charge in [0.05, 0.1) is 0 Å². The van der Waals surface area contributed by atoms with Gasteiger partial charge in [-0.15, -0.1) is 0 Å².